The molecule has 0 fully saturated rings. The third-order valence-corrected chi connectivity index (χ3v) is 4.83. The number of hydrogen-bond acceptors (Lipinski definition) is 4. The van der Waals surface area contributed by atoms with Gasteiger partial charge in [-0.25, -0.2) is 9.97 Å². The predicted octanol–water partition coefficient (Wildman–Crippen LogP) is 2.55. The number of rotatable bonds is 2. The Balaban J connectivity index is 1.50. The average molecular weight is 312 g/mol. The number of imidazole rings is 1. The van der Waals surface area contributed by atoms with E-state index < -0.39 is 0 Å². The van der Waals surface area contributed by atoms with Gasteiger partial charge >= 0.3 is 0 Å². The van der Waals surface area contributed by atoms with Crippen LogP contribution >= 0.6 is 11.3 Å². The molecule has 22 heavy (non-hydrogen) atoms. The van der Waals surface area contributed by atoms with Crippen LogP contribution in [0.4, 0.5) is 0 Å². The van der Waals surface area contributed by atoms with E-state index in [1.807, 2.05) is 25.1 Å². The lowest BCUT2D eigenvalue weighted by atomic mass is 10.1. The van der Waals surface area contributed by atoms with E-state index in [1.54, 1.807) is 16.8 Å². The normalized spacial score (nSPS) is 17.4. The number of fused-ring (bicyclic) bond motifs is 2. The molecule has 1 atom stereocenters. The topological polar surface area (TPSA) is 59.8 Å². The number of thiazole rings is 1. The Morgan fingerprint density at radius 1 is 1.45 bits per heavy atom. The predicted molar refractivity (Wildman–Crippen MR) is 86.2 cm³/mol. The molecule has 4 rings (SSSR count). The standard InChI is InChI=1S/C16H16N4OS/c1-10-7-20-8-12(3-5-15(20)18-10)19-16(21)11-2-4-13-14(6-11)22-9-17-13/h2,4,6-7,9,12H,3,5,8H2,1H3,(H,19,21)/t12-/m0/s1. The number of benzene rings is 1. The number of aromatic nitrogens is 3. The molecule has 1 N–H and O–H groups in total. The molecular formula is C16H16N4OS. The number of nitrogens with zero attached hydrogens (tertiary/aromatic N) is 3. The summed E-state index contributed by atoms with van der Waals surface area (Å²) in [5.41, 5.74) is 4.48. The van der Waals surface area contributed by atoms with E-state index in [9.17, 15) is 4.79 Å². The zero-order valence-electron chi connectivity index (χ0n) is 12.2. The van der Waals surface area contributed by atoms with Gasteiger partial charge < -0.3 is 9.88 Å². The van der Waals surface area contributed by atoms with E-state index in [4.69, 9.17) is 0 Å². The second-order valence-corrected chi connectivity index (χ2v) is 6.58. The molecule has 2 aromatic heterocycles. The van der Waals surface area contributed by atoms with Gasteiger partial charge in [0.1, 0.15) is 5.82 Å². The lowest BCUT2D eigenvalue weighted by Crippen LogP contribution is -2.40. The fourth-order valence-electron chi connectivity index (χ4n) is 2.97. The van der Waals surface area contributed by atoms with Gasteiger partial charge in [0.05, 0.1) is 21.4 Å². The largest absolute Gasteiger partial charge is 0.347 e. The van der Waals surface area contributed by atoms with E-state index in [2.05, 4.69) is 26.0 Å². The summed E-state index contributed by atoms with van der Waals surface area (Å²) in [6.07, 6.45) is 3.90. The summed E-state index contributed by atoms with van der Waals surface area (Å²) in [6.45, 7) is 2.80. The van der Waals surface area contributed by atoms with Crippen molar-refractivity contribution in [3.63, 3.8) is 0 Å². The minimum atomic E-state index is -0.0133. The van der Waals surface area contributed by atoms with Crippen molar-refractivity contribution in [2.75, 3.05) is 0 Å². The Kier molecular flexibility index (Phi) is 3.18. The van der Waals surface area contributed by atoms with E-state index in [0.29, 0.717) is 5.56 Å². The van der Waals surface area contributed by atoms with Crippen LogP contribution in [0.1, 0.15) is 28.3 Å². The maximum absolute atomic E-state index is 12.4. The molecule has 0 saturated heterocycles. The third-order valence-electron chi connectivity index (χ3n) is 4.04. The summed E-state index contributed by atoms with van der Waals surface area (Å²) in [5, 5.41) is 3.14. The fraction of sp³-hybridized carbons (Fsp3) is 0.312. The van der Waals surface area contributed by atoms with E-state index in [1.165, 1.54) is 0 Å². The molecule has 0 saturated carbocycles. The summed E-state index contributed by atoms with van der Waals surface area (Å²) in [7, 11) is 0. The van der Waals surface area contributed by atoms with Crippen LogP contribution in [0.5, 0.6) is 0 Å². The number of hydrogen-bond donors (Lipinski definition) is 1. The van der Waals surface area contributed by atoms with Gasteiger partial charge in [-0.3, -0.25) is 4.79 Å². The molecule has 0 aliphatic carbocycles. The van der Waals surface area contributed by atoms with Gasteiger partial charge in [-0.1, -0.05) is 0 Å². The number of amides is 1. The molecule has 0 spiro atoms. The van der Waals surface area contributed by atoms with Crippen LogP contribution in [0.15, 0.2) is 29.9 Å². The maximum Gasteiger partial charge on any atom is 0.251 e. The Labute approximate surface area is 132 Å². The highest BCUT2D eigenvalue weighted by molar-refractivity contribution is 7.16. The first-order valence-corrected chi connectivity index (χ1v) is 8.24. The summed E-state index contributed by atoms with van der Waals surface area (Å²) in [4.78, 5) is 21.2. The monoisotopic (exact) mass is 312 g/mol. The van der Waals surface area contributed by atoms with Gasteiger partial charge in [0.25, 0.3) is 5.91 Å². The van der Waals surface area contributed by atoms with Crippen molar-refractivity contribution in [3.05, 3.63) is 47.0 Å². The lowest BCUT2D eigenvalue weighted by molar-refractivity contribution is 0.0927. The molecule has 1 aliphatic rings. The first-order valence-electron chi connectivity index (χ1n) is 7.36. The van der Waals surface area contributed by atoms with Crippen LogP contribution in [0.25, 0.3) is 10.2 Å². The highest BCUT2D eigenvalue weighted by atomic mass is 32.1. The Bertz CT molecular complexity index is 851. The summed E-state index contributed by atoms with van der Waals surface area (Å²) >= 11 is 1.55. The van der Waals surface area contributed by atoms with Crippen LogP contribution in [-0.2, 0) is 13.0 Å². The van der Waals surface area contributed by atoms with Gasteiger partial charge in [-0.2, -0.15) is 0 Å². The van der Waals surface area contributed by atoms with Gasteiger partial charge in [0.2, 0.25) is 0 Å². The molecule has 1 aliphatic heterocycles. The van der Waals surface area contributed by atoms with Gasteiger partial charge in [-0.05, 0) is 31.5 Å². The molecule has 0 radical (unpaired) electrons. The van der Waals surface area contributed by atoms with Crippen molar-refractivity contribution in [2.45, 2.75) is 32.4 Å². The van der Waals surface area contributed by atoms with Crippen LogP contribution in [0.3, 0.4) is 0 Å². The van der Waals surface area contributed by atoms with Crippen LogP contribution in [0, 0.1) is 6.92 Å². The second-order valence-electron chi connectivity index (χ2n) is 5.69. The Morgan fingerprint density at radius 3 is 3.27 bits per heavy atom. The highest BCUT2D eigenvalue weighted by Gasteiger charge is 2.21. The molecule has 0 unspecified atom stereocenters. The van der Waals surface area contributed by atoms with Crippen molar-refractivity contribution >= 4 is 27.5 Å². The van der Waals surface area contributed by atoms with E-state index in [-0.39, 0.29) is 11.9 Å². The van der Waals surface area contributed by atoms with Crippen molar-refractivity contribution < 1.29 is 4.79 Å². The smallest absolute Gasteiger partial charge is 0.251 e. The number of carbonyl (C=O) groups excluding carboxylic acids is 1. The number of aryl methyl sites for hydroxylation is 2. The number of carbonyl (C=O) groups is 1. The minimum Gasteiger partial charge on any atom is -0.347 e. The zero-order chi connectivity index (χ0) is 15.1. The maximum atomic E-state index is 12.4. The minimum absolute atomic E-state index is 0.0133. The zero-order valence-corrected chi connectivity index (χ0v) is 13.1. The molecule has 5 nitrogen and oxygen atoms in total. The quantitative estimate of drug-likeness (QED) is 0.791. The molecule has 3 heterocycles. The summed E-state index contributed by atoms with van der Waals surface area (Å²) < 4.78 is 3.19. The van der Waals surface area contributed by atoms with Crippen LogP contribution in [0.2, 0.25) is 0 Å². The lowest BCUT2D eigenvalue weighted by Gasteiger charge is -2.24. The molecule has 3 aromatic rings. The van der Waals surface area contributed by atoms with Gasteiger partial charge in [0, 0.05) is 30.8 Å². The van der Waals surface area contributed by atoms with Crippen molar-refractivity contribution in [2.24, 2.45) is 0 Å². The number of nitrogens with one attached hydrogen (secondary N) is 1. The Hall–Kier alpha value is -2.21. The second kappa shape index (κ2) is 5.21. The molecule has 1 amide bonds. The van der Waals surface area contributed by atoms with Crippen molar-refractivity contribution in [1.82, 2.24) is 19.9 Å². The SMILES string of the molecule is Cc1cn2c(n1)CC[C@H](NC(=O)c1ccc3ncsc3c1)C2. The van der Waals surface area contributed by atoms with Crippen LogP contribution in [-0.4, -0.2) is 26.5 Å². The Morgan fingerprint density at radius 2 is 2.36 bits per heavy atom. The average Bonchev–Trinajstić information content (AvgIpc) is 3.10. The van der Waals surface area contributed by atoms with E-state index in [0.717, 1.165) is 41.1 Å². The van der Waals surface area contributed by atoms with Gasteiger partial charge in [0.15, 0.2) is 0 Å². The third kappa shape index (κ3) is 2.39. The summed E-state index contributed by atoms with van der Waals surface area (Å²) in [5.74, 6) is 1.11. The summed E-state index contributed by atoms with van der Waals surface area (Å²) in [6, 6.07) is 5.81. The van der Waals surface area contributed by atoms with Crippen molar-refractivity contribution in [1.29, 1.82) is 0 Å². The highest BCUT2D eigenvalue weighted by Crippen LogP contribution is 2.20. The van der Waals surface area contributed by atoms with Gasteiger partial charge in [-0.15, -0.1) is 11.3 Å². The molecule has 6 heteroatoms. The van der Waals surface area contributed by atoms with Crippen molar-refractivity contribution in [3.8, 4) is 0 Å². The molecule has 112 valence electrons. The first-order chi connectivity index (χ1) is 10.7. The fourth-order valence-corrected chi connectivity index (χ4v) is 3.69. The van der Waals surface area contributed by atoms with E-state index >= 15 is 0 Å². The molecular weight excluding hydrogens is 296 g/mol. The molecule has 1 aromatic carbocycles. The molecule has 0 bridgehead atoms. The first kappa shape index (κ1) is 13.5. The van der Waals surface area contributed by atoms with Crippen LogP contribution < -0.4 is 5.32 Å².